The lowest BCUT2D eigenvalue weighted by molar-refractivity contribution is 0.0255. The number of fused-ring (bicyclic) bond motifs is 2. The molecule has 30 heavy (non-hydrogen) atoms. The molecule has 3 aromatic rings. The summed E-state index contributed by atoms with van der Waals surface area (Å²) in [6.07, 6.45) is 2.72. The summed E-state index contributed by atoms with van der Waals surface area (Å²) in [5.41, 5.74) is 3.58. The minimum atomic E-state index is -0.165. The molecule has 1 N–H and O–H groups in total. The fraction of sp³-hybridized carbons (Fsp3) is 0.417. The van der Waals surface area contributed by atoms with Crippen LogP contribution in [-0.2, 0) is 17.8 Å². The number of aryl methyl sites for hydroxylation is 1. The van der Waals surface area contributed by atoms with E-state index in [1.165, 1.54) is 22.8 Å². The lowest BCUT2D eigenvalue weighted by Crippen LogP contribution is -2.32. The van der Waals surface area contributed by atoms with E-state index in [9.17, 15) is 4.79 Å². The van der Waals surface area contributed by atoms with Crippen LogP contribution in [0.3, 0.4) is 0 Å². The van der Waals surface area contributed by atoms with Crippen LogP contribution in [0.25, 0.3) is 10.8 Å². The van der Waals surface area contributed by atoms with Crippen LogP contribution < -0.4 is 10.3 Å². The molecule has 0 aliphatic carbocycles. The first kappa shape index (κ1) is 19.3. The molecule has 0 spiro atoms. The van der Waals surface area contributed by atoms with E-state index in [-0.39, 0.29) is 18.3 Å². The molecule has 0 radical (unpaired) electrons. The first-order valence-corrected chi connectivity index (χ1v) is 10.6. The van der Waals surface area contributed by atoms with Crippen LogP contribution in [0, 0.1) is 6.92 Å². The van der Waals surface area contributed by atoms with Gasteiger partial charge >= 0.3 is 0 Å². The van der Waals surface area contributed by atoms with Gasteiger partial charge in [-0.2, -0.15) is 0 Å². The van der Waals surface area contributed by atoms with Crippen molar-refractivity contribution in [1.82, 2.24) is 14.9 Å². The highest BCUT2D eigenvalue weighted by Gasteiger charge is 2.27. The van der Waals surface area contributed by atoms with Gasteiger partial charge in [0.2, 0.25) is 0 Å². The molecule has 2 aliphatic heterocycles. The Morgan fingerprint density at radius 1 is 1.27 bits per heavy atom. The van der Waals surface area contributed by atoms with Gasteiger partial charge in [0.1, 0.15) is 6.61 Å². The Labute approximate surface area is 175 Å². The third kappa shape index (κ3) is 3.50. The summed E-state index contributed by atoms with van der Waals surface area (Å²) >= 11 is 0. The molecule has 1 aromatic heterocycles. The van der Waals surface area contributed by atoms with Crippen molar-refractivity contribution >= 4 is 10.8 Å². The predicted octanol–water partition coefficient (Wildman–Crippen LogP) is 3.52. The van der Waals surface area contributed by atoms with Gasteiger partial charge < -0.3 is 14.4 Å². The summed E-state index contributed by atoms with van der Waals surface area (Å²) in [6.45, 7) is 4.01. The Morgan fingerprint density at radius 3 is 2.90 bits per heavy atom. The van der Waals surface area contributed by atoms with E-state index >= 15 is 0 Å². The molecule has 6 nitrogen and oxygen atoms in total. The number of likely N-dealkylation sites (N-methyl/N-ethyl adjacent to an activating group) is 1. The van der Waals surface area contributed by atoms with Crippen molar-refractivity contribution in [1.29, 1.82) is 0 Å². The van der Waals surface area contributed by atoms with Crippen molar-refractivity contribution < 1.29 is 9.47 Å². The number of ether oxygens (including phenoxy) is 2. The fourth-order valence-corrected chi connectivity index (χ4v) is 4.72. The zero-order valence-electron chi connectivity index (χ0n) is 17.5. The van der Waals surface area contributed by atoms with E-state index in [1.807, 2.05) is 0 Å². The largest absolute Gasteiger partial charge is 0.463 e. The van der Waals surface area contributed by atoms with E-state index in [0.717, 1.165) is 24.2 Å². The van der Waals surface area contributed by atoms with E-state index in [2.05, 4.69) is 65.2 Å². The van der Waals surface area contributed by atoms with E-state index in [1.54, 1.807) is 0 Å². The maximum absolute atomic E-state index is 12.6. The minimum Gasteiger partial charge on any atom is -0.463 e. The third-order valence-corrected chi connectivity index (χ3v) is 6.46. The molecule has 156 valence electrons. The molecule has 2 unspecified atom stereocenters. The van der Waals surface area contributed by atoms with Crippen molar-refractivity contribution in [2.24, 2.45) is 0 Å². The Morgan fingerprint density at radius 2 is 2.10 bits per heavy atom. The molecule has 0 amide bonds. The maximum Gasteiger partial charge on any atom is 0.296 e. The fourth-order valence-electron chi connectivity index (χ4n) is 4.72. The van der Waals surface area contributed by atoms with Gasteiger partial charge in [-0.05, 0) is 55.3 Å². The second kappa shape index (κ2) is 7.85. The molecule has 0 saturated carbocycles. The van der Waals surface area contributed by atoms with Gasteiger partial charge in [0, 0.05) is 12.5 Å². The third-order valence-electron chi connectivity index (χ3n) is 6.46. The molecule has 1 fully saturated rings. The Balaban J connectivity index is 1.42. The second-order valence-corrected chi connectivity index (χ2v) is 8.41. The summed E-state index contributed by atoms with van der Waals surface area (Å²) in [5.74, 6) is 0. The SMILES string of the molecule is Cc1cccc2cccc(C3Cc4nc(OCC5CCCN5C)[nH]c(=O)c4CO3)c12. The zero-order chi connectivity index (χ0) is 20.7. The number of aromatic nitrogens is 2. The number of H-pyrrole nitrogens is 1. The summed E-state index contributed by atoms with van der Waals surface area (Å²) in [5, 5.41) is 2.42. The number of hydrogen-bond acceptors (Lipinski definition) is 5. The summed E-state index contributed by atoms with van der Waals surface area (Å²) in [7, 11) is 2.11. The average Bonchev–Trinajstić information content (AvgIpc) is 3.16. The number of hydrogen-bond donors (Lipinski definition) is 1. The quantitative estimate of drug-likeness (QED) is 0.719. The molecule has 3 heterocycles. The van der Waals surface area contributed by atoms with Crippen molar-refractivity contribution in [3.8, 4) is 6.01 Å². The lowest BCUT2D eigenvalue weighted by atomic mass is 9.93. The minimum absolute atomic E-state index is 0.134. The van der Waals surface area contributed by atoms with Crippen LogP contribution in [0.2, 0.25) is 0 Å². The van der Waals surface area contributed by atoms with Crippen LogP contribution in [0.1, 0.15) is 41.3 Å². The highest BCUT2D eigenvalue weighted by Crippen LogP contribution is 2.34. The average molecular weight is 405 g/mol. The topological polar surface area (TPSA) is 67.5 Å². The van der Waals surface area contributed by atoms with Crippen LogP contribution in [0.15, 0.2) is 41.2 Å². The number of likely N-dealkylation sites (tertiary alicyclic amines) is 1. The zero-order valence-corrected chi connectivity index (χ0v) is 17.5. The van der Waals surface area contributed by atoms with Crippen LogP contribution in [0.4, 0.5) is 0 Å². The Kier molecular flexibility index (Phi) is 5.05. The van der Waals surface area contributed by atoms with Gasteiger partial charge in [-0.1, -0.05) is 36.4 Å². The van der Waals surface area contributed by atoms with E-state index in [4.69, 9.17) is 9.47 Å². The number of rotatable bonds is 4. The summed E-state index contributed by atoms with van der Waals surface area (Å²) in [4.78, 5) is 22.3. The molecular formula is C24H27N3O3. The van der Waals surface area contributed by atoms with Crippen LogP contribution in [0.5, 0.6) is 6.01 Å². The number of benzene rings is 2. The molecule has 1 saturated heterocycles. The predicted molar refractivity (Wildman–Crippen MR) is 116 cm³/mol. The molecule has 2 aromatic carbocycles. The van der Waals surface area contributed by atoms with E-state index < -0.39 is 0 Å². The second-order valence-electron chi connectivity index (χ2n) is 8.41. The summed E-state index contributed by atoms with van der Waals surface area (Å²) < 4.78 is 12.0. The van der Waals surface area contributed by atoms with Crippen LogP contribution in [-0.4, -0.2) is 41.1 Å². The Hall–Kier alpha value is -2.70. The van der Waals surface area contributed by atoms with Crippen molar-refractivity contribution in [3.63, 3.8) is 0 Å². The standard InChI is InChI=1S/C24H27N3O3/c1-15-6-3-7-16-8-4-10-18(22(15)16)21-12-20-19(14-29-21)23(28)26-24(25-20)30-13-17-9-5-11-27(17)2/h3-4,6-8,10,17,21H,5,9,11-14H2,1-2H3,(H,25,26,28). The first-order chi connectivity index (χ1) is 14.6. The maximum atomic E-state index is 12.6. The van der Waals surface area contributed by atoms with Gasteiger partial charge in [-0.15, -0.1) is 0 Å². The normalized spacial score (nSPS) is 21.7. The monoisotopic (exact) mass is 405 g/mol. The lowest BCUT2D eigenvalue weighted by Gasteiger charge is -2.26. The number of nitrogens with one attached hydrogen (secondary N) is 1. The van der Waals surface area contributed by atoms with Crippen molar-refractivity contribution in [2.75, 3.05) is 20.2 Å². The van der Waals surface area contributed by atoms with Crippen molar-refractivity contribution in [2.45, 2.75) is 44.9 Å². The Bertz CT molecular complexity index is 1130. The summed E-state index contributed by atoms with van der Waals surface area (Å²) in [6, 6.07) is 13.3. The number of aromatic amines is 1. The van der Waals surface area contributed by atoms with Gasteiger partial charge in [0.05, 0.1) is 24.0 Å². The van der Waals surface area contributed by atoms with Crippen LogP contribution >= 0.6 is 0 Å². The smallest absolute Gasteiger partial charge is 0.296 e. The highest BCUT2D eigenvalue weighted by molar-refractivity contribution is 5.89. The van der Waals surface area contributed by atoms with E-state index in [0.29, 0.717) is 30.6 Å². The molecule has 6 heteroatoms. The number of nitrogens with zero attached hydrogens (tertiary/aromatic N) is 2. The molecular weight excluding hydrogens is 378 g/mol. The first-order valence-electron chi connectivity index (χ1n) is 10.6. The molecule has 5 rings (SSSR count). The van der Waals surface area contributed by atoms with Gasteiger partial charge in [-0.3, -0.25) is 9.78 Å². The highest BCUT2D eigenvalue weighted by atomic mass is 16.5. The van der Waals surface area contributed by atoms with Gasteiger partial charge in [-0.25, -0.2) is 4.98 Å². The van der Waals surface area contributed by atoms with Gasteiger partial charge in [0.15, 0.2) is 0 Å². The van der Waals surface area contributed by atoms with Crippen molar-refractivity contribution in [3.05, 3.63) is 69.1 Å². The molecule has 2 atom stereocenters. The molecule has 2 aliphatic rings. The molecule has 0 bridgehead atoms. The van der Waals surface area contributed by atoms with Gasteiger partial charge in [0.25, 0.3) is 11.6 Å².